The molecule has 0 aromatic heterocycles. The van der Waals surface area contributed by atoms with Crippen LogP contribution in [0.5, 0.6) is 17.2 Å². The zero-order chi connectivity index (χ0) is 21.5. The van der Waals surface area contributed by atoms with Gasteiger partial charge in [0, 0.05) is 37.3 Å². The summed E-state index contributed by atoms with van der Waals surface area (Å²) in [4.78, 5) is 4.80. The van der Waals surface area contributed by atoms with E-state index in [9.17, 15) is 0 Å². The van der Waals surface area contributed by atoms with Crippen LogP contribution in [0.25, 0.3) is 0 Å². The molecular weight excluding hydrogens is 394 g/mol. The highest BCUT2D eigenvalue weighted by molar-refractivity contribution is 5.80. The molecule has 2 heterocycles. The smallest absolute Gasteiger partial charge is 0.231 e. The average molecular weight is 426 g/mol. The maximum absolute atomic E-state index is 5.68. The number of benzene rings is 2. The predicted octanol–water partition coefficient (Wildman–Crippen LogP) is 3.23. The Kier molecular flexibility index (Phi) is 6.82. The molecule has 1 fully saturated rings. The summed E-state index contributed by atoms with van der Waals surface area (Å²) in [6.07, 6.45) is 1.87. The first-order chi connectivity index (χ1) is 15.2. The second-order valence-corrected chi connectivity index (χ2v) is 7.82. The van der Waals surface area contributed by atoms with Gasteiger partial charge in [0.05, 0.1) is 13.7 Å². The molecule has 2 aliphatic rings. The molecule has 0 aliphatic carbocycles. The fourth-order valence-electron chi connectivity index (χ4n) is 4.15. The lowest BCUT2D eigenvalue weighted by atomic mass is 9.74. The van der Waals surface area contributed by atoms with Crippen molar-refractivity contribution in [2.45, 2.75) is 31.7 Å². The Morgan fingerprint density at radius 2 is 1.87 bits per heavy atom. The Morgan fingerprint density at radius 1 is 1.06 bits per heavy atom. The molecular formula is C24H31N3O4. The van der Waals surface area contributed by atoms with Crippen molar-refractivity contribution < 1.29 is 18.9 Å². The molecule has 4 rings (SSSR count). The van der Waals surface area contributed by atoms with Gasteiger partial charge < -0.3 is 29.6 Å². The van der Waals surface area contributed by atoms with Crippen molar-refractivity contribution in [3.63, 3.8) is 0 Å². The van der Waals surface area contributed by atoms with Crippen molar-refractivity contribution in [1.29, 1.82) is 0 Å². The van der Waals surface area contributed by atoms with Gasteiger partial charge in [0.25, 0.3) is 0 Å². The zero-order valence-electron chi connectivity index (χ0n) is 18.3. The molecule has 2 N–H and O–H groups in total. The van der Waals surface area contributed by atoms with Crippen LogP contribution in [0.3, 0.4) is 0 Å². The van der Waals surface area contributed by atoms with Gasteiger partial charge in [-0.3, -0.25) is 0 Å². The van der Waals surface area contributed by atoms with Gasteiger partial charge >= 0.3 is 0 Å². The van der Waals surface area contributed by atoms with E-state index in [-0.39, 0.29) is 12.2 Å². The molecule has 2 aromatic rings. The van der Waals surface area contributed by atoms with Gasteiger partial charge in [-0.2, -0.15) is 0 Å². The monoisotopic (exact) mass is 425 g/mol. The van der Waals surface area contributed by atoms with Crippen LogP contribution in [-0.4, -0.2) is 46.2 Å². The molecule has 0 atom stereocenters. The molecule has 0 bridgehead atoms. The van der Waals surface area contributed by atoms with E-state index < -0.39 is 0 Å². The van der Waals surface area contributed by atoms with Gasteiger partial charge in [0.15, 0.2) is 17.5 Å². The molecule has 7 nitrogen and oxygen atoms in total. The summed E-state index contributed by atoms with van der Waals surface area (Å²) in [5, 5.41) is 6.94. The molecule has 0 unspecified atom stereocenters. The van der Waals surface area contributed by atoms with Gasteiger partial charge in [0.2, 0.25) is 6.79 Å². The minimum atomic E-state index is -0.0557. The third-order valence-electron chi connectivity index (χ3n) is 5.97. The van der Waals surface area contributed by atoms with Crippen molar-refractivity contribution in [2.24, 2.45) is 4.99 Å². The number of aliphatic imine (C=N–C) groups is 1. The zero-order valence-corrected chi connectivity index (χ0v) is 18.3. The van der Waals surface area contributed by atoms with Crippen LogP contribution in [-0.2, 0) is 16.7 Å². The van der Waals surface area contributed by atoms with Crippen LogP contribution < -0.4 is 24.8 Å². The lowest BCUT2D eigenvalue weighted by Crippen LogP contribution is -2.48. The number of fused-ring (bicyclic) bond motifs is 1. The molecule has 31 heavy (non-hydrogen) atoms. The molecule has 0 radical (unpaired) electrons. The van der Waals surface area contributed by atoms with Crippen LogP contribution >= 0.6 is 0 Å². The Bertz CT molecular complexity index is 909. The number of para-hydroxylation sites is 1. The van der Waals surface area contributed by atoms with Crippen LogP contribution in [0, 0.1) is 0 Å². The van der Waals surface area contributed by atoms with Gasteiger partial charge in [-0.25, -0.2) is 4.99 Å². The number of methoxy groups -OCH3 is 1. The number of guanidine groups is 1. The van der Waals surface area contributed by atoms with Crippen molar-refractivity contribution >= 4 is 5.96 Å². The number of hydrogen-bond donors (Lipinski definition) is 2. The third-order valence-corrected chi connectivity index (χ3v) is 5.97. The summed E-state index contributed by atoms with van der Waals surface area (Å²) in [6, 6.07) is 14.3. The highest BCUT2D eigenvalue weighted by atomic mass is 16.7. The average Bonchev–Trinajstić information content (AvgIpc) is 3.30. The fraction of sp³-hybridized carbons (Fsp3) is 0.458. The van der Waals surface area contributed by atoms with Crippen molar-refractivity contribution in [3.05, 3.63) is 53.6 Å². The maximum atomic E-state index is 5.68. The molecule has 2 aliphatic heterocycles. The van der Waals surface area contributed by atoms with Crippen LogP contribution in [0.2, 0.25) is 0 Å². The molecule has 7 heteroatoms. The Balaban J connectivity index is 1.52. The molecule has 0 spiro atoms. The summed E-state index contributed by atoms with van der Waals surface area (Å²) in [7, 11) is 1.69. The molecule has 2 aromatic carbocycles. The van der Waals surface area contributed by atoms with Gasteiger partial charge in [0.1, 0.15) is 5.75 Å². The largest absolute Gasteiger partial charge is 0.496 e. The first kappa shape index (κ1) is 21.3. The number of rotatable bonds is 7. The van der Waals surface area contributed by atoms with Gasteiger partial charge in [-0.15, -0.1) is 0 Å². The lowest BCUT2D eigenvalue weighted by Gasteiger charge is -2.38. The van der Waals surface area contributed by atoms with E-state index in [1.807, 2.05) is 30.3 Å². The Labute approximate surface area is 183 Å². The number of ether oxygens (including phenoxy) is 4. The topological polar surface area (TPSA) is 73.3 Å². The maximum Gasteiger partial charge on any atom is 0.231 e. The molecule has 166 valence electrons. The summed E-state index contributed by atoms with van der Waals surface area (Å²) in [5.74, 6) is 3.27. The Hall–Kier alpha value is -2.93. The van der Waals surface area contributed by atoms with Crippen molar-refractivity contribution in [2.75, 3.05) is 40.2 Å². The highest BCUT2D eigenvalue weighted by Crippen LogP contribution is 2.40. The van der Waals surface area contributed by atoms with E-state index in [0.29, 0.717) is 6.54 Å². The van der Waals surface area contributed by atoms with Crippen molar-refractivity contribution in [1.82, 2.24) is 10.6 Å². The van der Waals surface area contributed by atoms with E-state index in [0.717, 1.165) is 67.9 Å². The predicted molar refractivity (Wildman–Crippen MR) is 120 cm³/mol. The van der Waals surface area contributed by atoms with E-state index in [1.165, 1.54) is 5.56 Å². The highest BCUT2D eigenvalue weighted by Gasteiger charge is 2.35. The van der Waals surface area contributed by atoms with E-state index in [4.69, 9.17) is 23.9 Å². The van der Waals surface area contributed by atoms with Gasteiger partial charge in [-0.05, 0) is 43.5 Å². The van der Waals surface area contributed by atoms with Crippen LogP contribution in [0.15, 0.2) is 47.5 Å². The van der Waals surface area contributed by atoms with E-state index in [1.54, 1.807) is 7.11 Å². The minimum absolute atomic E-state index is 0.0557. The minimum Gasteiger partial charge on any atom is -0.496 e. The Morgan fingerprint density at radius 3 is 2.68 bits per heavy atom. The SMILES string of the molecule is CCNC(=NCc1ccccc1OC)NCC1(c2ccc3c(c2)OCO3)CCOCC1. The third kappa shape index (κ3) is 4.88. The second kappa shape index (κ2) is 9.92. The molecule has 0 amide bonds. The summed E-state index contributed by atoms with van der Waals surface area (Å²) < 4.78 is 22.3. The molecule has 0 saturated carbocycles. The molecule has 1 saturated heterocycles. The van der Waals surface area contributed by atoms with E-state index in [2.05, 4.69) is 29.7 Å². The first-order valence-corrected chi connectivity index (χ1v) is 10.9. The van der Waals surface area contributed by atoms with Crippen LogP contribution in [0.4, 0.5) is 0 Å². The number of nitrogens with one attached hydrogen (secondary N) is 2. The summed E-state index contributed by atoms with van der Waals surface area (Å²) in [6.45, 7) is 5.93. The standard InChI is InChI=1S/C24H31N3O4/c1-3-25-23(26-15-18-6-4-5-7-20(18)28-2)27-16-24(10-12-29-13-11-24)19-8-9-21-22(14-19)31-17-30-21/h4-9,14H,3,10-13,15-17H2,1-2H3,(H2,25,26,27). The summed E-state index contributed by atoms with van der Waals surface area (Å²) in [5.41, 5.74) is 2.24. The van der Waals surface area contributed by atoms with Gasteiger partial charge in [-0.1, -0.05) is 24.3 Å². The lowest BCUT2D eigenvalue weighted by molar-refractivity contribution is 0.0513. The van der Waals surface area contributed by atoms with E-state index >= 15 is 0 Å². The summed E-state index contributed by atoms with van der Waals surface area (Å²) >= 11 is 0. The second-order valence-electron chi connectivity index (χ2n) is 7.82. The normalized spacial score (nSPS) is 17.3. The van der Waals surface area contributed by atoms with Crippen molar-refractivity contribution in [3.8, 4) is 17.2 Å². The quantitative estimate of drug-likeness (QED) is 0.524. The number of nitrogens with zero attached hydrogens (tertiary/aromatic N) is 1. The van der Waals surface area contributed by atoms with Crippen LogP contribution in [0.1, 0.15) is 30.9 Å². The fourth-order valence-corrected chi connectivity index (χ4v) is 4.15. The number of hydrogen-bond acceptors (Lipinski definition) is 5. The first-order valence-electron chi connectivity index (χ1n) is 10.9.